The molecular formula is C16H14F2O. The second-order valence-corrected chi connectivity index (χ2v) is 4.43. The third-order valence-corrected chi connectivity index (χ3v) is 2.98. The van der Waals surface area contributed by atoms with Crippen molar-refractivity contribution in [3.05, 3.63) is 70.8 Å². The molecule has 0 unspecified atom stereocenters. The van der Waals surface area contributed by atoms with Crippen molar-refractivity contribution in [2.75, 3.05) is 0 Å². The Morgan fingerprint density at radius 1 is 0.947 bits per heavy atom. The van der Waals surface area contributed by atoms with Gasteiger partial charge in [-0.1, -0.05) is 31.2 Å². The summed E-state index contributed by atoms with van der Waals surface area (Å²) in [7, 11) is 0. The molecule has 0 bridgehead atoms. The van der Waals surface area contributed by atoms with Crippen LogP contribution in [0.25, 0.3) is 0 Å². The van der Waals surface area contributed by atoms with Crippen LogP contribution in [0.2, 0.25) is 0 Å². The van der Waals surface area contributed by atoms with Crippen LogP contribution >= 0.6 is 0 Å². The molecule has 0 aliphatic rings. The van der Waals surface area contributed by atoms with Gasteiger partial charge in [-0.05, 0) is 29.7 Å². The van der Waals surface area contributed by atoms with Crippen LogP contribution in [0.4, 0.5) is 8.78 Å². The number of rotatable bonds is 4. The molecule has 0 aliphatic carbocycles. The smallest absolute Gasteiger partial charge is 0.167 e. The van der Waals surface area contributed by atoms with Crippen molar-refractivity contribution < 1.29 is 13.6 Å². The first-order valence-corrected chi connectivity index (χ1v) is 6.15. The summed E-state index contributed by atoms with van der Waals surface area (Å²) in [6.07, 6.45) is 1.08. The molecule has 0 N–H and O–H groups in total. The minimum atomic E-state index is -0.732. The average molecular weight is 260 g/mol. The van der Waals surface area contributed by atoms with Crippen LogP contribution in [0.3, 0.4) is 0 Å². The van der Waals surface area contributed by atoms with Crippen LogP contribution < -0.4 is 0 Å². The van der Waals surface area contributed by atoms with Gasteiger partial charge < -0.3 is 0 Å². The van der Waals surface area contributed by atoms with E-state index < -0.39 is 11.6 Å². The monoisotopic (exact) mass is 260 g/mol. The summed E-state index contributed by atoms with van der Waals surface area (Å²) in [6.45, 7) is 2.05. The van der Waals surface area contributed by atoms with Crippen LogP contribution in [-0.4, -0.2) is 5.78 Å². The van der Waals surface area contributed by atoms with Gasteiger partial charge in [0.05, 0.1) is 0 Å². The minimum Gasteiger partial charge on any atom is -0.294 e. The van der Waals surface area contributed by atoms with Crippen LogP contribution in [-0.2, 0) is 12.8 Å². The predicted octanol–water partition coefficient (Wildman–Crippen LogP) is 3.95. The van der Waals surface area contributed by atoms with Gasteiger partial charge in [-0.3, -0.25) is 4.79 Å². The molecule has 0 radical (unpaired) electrons. The fourth-order valence-electron chi connectivity index (χ4n) is 1.90. The molecule has 0 saturated heterocycles. The first-order valence-electron chi connectivity index (χ1n) is 6.15. The molecule has 2 aromatic rings. The van der Waals surface area contributed by atoms with Gasteiger partial charge in [-0.2, -0.15) is 0 Å². The van der Waals surface area contributed by atoms with Gasteiger partial charge in [0.1, 0.15) is 11.6 Å². The number of carbonyl (C=O) groups excluding carboxylic acids is 1. The topological polar surface area (TPSA) is 17.1 Å². The third kappa shape index (κ3) is 3.47. The molecule has 3 heteroatoms. The fourth-order valence-corrected chi connectivity index (χ4v) is 1.90. The maximum absolute atomic E-state index is 13.0. The number of aryl methyl sites for hydroxylation is 1. The van der Waals surface area contributed by atoms with Crippen LogP contribution in [0.15, 0.2) is 42.5 Å². The largest absolute Gasteiger partial charge is 0.294 e. The van der Waals surface area contributed by atoms with E-state index in [0.717, 1.165) is 30.2 Å². The number of Topliss-reactive ketones (excluding diaryl/α,β-unsaturated/α-hetero) is 1. The summed E-state index contributed by atoms with van der Waals surface area (Å²) in [6, 6.07) is 10.5. The zero-order valence-corrected chi connectivity index (χ0v) is 10.6. The Morgan fingerprint density at radius 3 is 2.00 bits per heavy atom. The van der Waals surface area contributed by atoms with E-state index in [1.807, 2.05) is 24.3 Å². The zero-order valence-electron chi connectivity index (χ0n) is 10.6. The molecule has 1 nitrogen and oxygen atoms in total. The van der Waals surface area contributed by atoms with Gasteiger partial charge >= 0.3 is 0 Å². The lowest BCUT2D eigenvalue weighted by atomic mass is 10.0. The van der Waals surface area contributed by atoms with E-state index in [0.29, 0.717) is 0 Å². The Balaban J connectivity index is 2.15. The number of carbonyl (C=O) groups is 1. The van der Waals surface area contributed by atoms with E-state index in [-0.39, 0.29) is 17.8 Å². The van der Waals surface area contributed by atoms with Gasteiger partial charge in [0.2, 0.25) is 0 Å². The average Bonchev–Trinajstić information content (AvgIpc) is 2.38. The Bertz CT molecular complexity index is 568. The number of hydrogen-bond acceptors (Lipinski definition) is 1. The second-order valence-electron chi connectivity index (χ2n) is 4.43. The first kappa shape index (κ1) is 13.4. The van der Waals surface area contributed by atoms with Crippen LogP contribution in [0.1, 0.15) is 28.4 Å². The molecule has 2 rings (SSSR count). The molecule has 0 spiro atoms. The minimum absolute atomic E-state index is 0.0667. The second kappa shape index (κ2) is 5.74. The van der Waals surface area contributed by atoms with Crippen molar-refractivity contribution in [2.45, 2.75) is 19.8 Å². The van der Waals surface area contributed by atoms with Gasteiger partial charge in [-0.25, -0.2) is 8.78 Å². The molecule has 0 fully saturated rings. The Hall–Kier alpha value is -2.03. The number of benzene rings is 2. The lowest BCUT2D eigenvalue weighted by Crippen LogP contribution is -2.04. The molecule has 0 amide bonds. The number of ketones is 1. The van der Waals surface area contributed by atoms with E-state index in [1.54, 1.807) is 0 Å². The van der Waals surface area contributed by atoms with E-state index in [2.05, 4.69) is 6.92 Å². The van der Waals surface area contributed by atoms with Gasteiger partial charge in [-0.15, -0.1) is 0 Å². The van der Waals surface area contributed by atoms with Gasteiger partial charge in [0.25, 0.3) is 0 Å². The van der Waals surface area contributed by atoms with Crippen LogP contribution in [0.5, 0.6) is 0 Å². The first-order chi connectivity index (χ1) is 9.08. The summed E-state index contributed by atoms with van der Waals surface area (Å²) in [4.78, 5) is 11.9. The van der Waals surface area contributed by atoms with E-state index in [4.69, 9.17) is 0 Å². The predicted molar refractivity (Wildman–Crippen MR) is 70.2 cm³/mol. The van der Waals surface area contributed by atoms with Crippen molar-refractivity contribution in [1.82, 2.24) is 0 Å². The Kier molecular flexibility index (Phi) is 4.05. The Morgan fingerprint density at radius 2 is 1.47 bits per heavy atom. The standard InChI is InChI=1S/C16H14F2O/c1-2-11-3-5-12(6-4-11)7-16(19)13-8-14(17)10-15(18)9-13/h3-6,8-10H,2,7H2,1H3. The van der Waals surface area contributed by atoms with E-state index in [9.17, 15) is 13.6 Å². The highest BCUT2D eigenvalue weighted by molar-refractivity contribution is 5.97. The van der Waals surface area contributed by atoms with Gasteiger partial charge in [0, 0.05) is 18.1 Å². The maximum atomic E-state index is 13.0. The van der Waals surface area contributed by atoms with Crippen molar-refractivity contribution in [3.63, 3.8) is 0 Å². The SMILES string of the molecule is CCc1ccc(CC(=O)c2cc(F)cc(F)c2)cc1. The van der Waals surface area contributed by atoms with E-state index in [1.165, 1.54) is 5.56 Å². The fraction of sp³-hybridized carbons (Fsp3) is 0.188. The van der Waals surface area contributed by atoms with E-state index >= 15 is 0 Å². The molecular weight excluding hydrogens is 246 g/mol. The molecule has 0 aliphatic heterocycles. The summed E-state index contributed by atoms with van der Waals surface area (Å²) < 4.78 is 26.1. The van der Waals surface area contributed by atoms with Crippen molar-refractivity contribution in [3.8, 4) is 0 Å². The molecule has 0 atom stereocenters. The maximum Gasteiger partial charge on any atom is 0.167 e. The third-order valence-electron chi connectivity index (χ3n) is 2.98. The highest BCUT2D eigenvalue weighted by Gasteiger charge is 2.10. The molecule has 2 aromatic carbocycles. The van der Waals surface area contributed by atoms with Crippen molar-refractivity contribution >= 4 is 5.78 Å². The van der Waals surface area contributed by atoms with Crippen molar-refractivity contribution in [1.29, 1.82) is 0 Å². The molecule has 0 aromatic heterocycles. The van der Waals surface area contributed by atoms with Gasteiger partial charge in [0.15, 0.2) is 5.78 Å². The summed E-state index contributed by atoms with van der Waals surface area (Å²) in [5.74, 6) is -1.75. The number of halogens is 2. The van der Waals surface area contributed by atoms with Crippen molar-refractivity contribution in [2.24, 2.45) is 0 Å². The molecule has 0 heterocycles. The van der Waals surface area contributed by atoms with Crippen LogP contribution in [0, 0.1) is 11.6 Å². The highest BCUT2D eigenvalue weighted by Crippen LogP contribution is 2.12. The lowest BCUT2D eigenvalue weighted by molar-refractivity contribution is 0.0992. The number of hydrogen-bond donors (Lipinski definition) is 0. The Labute approximate surface area is 110 Å². The normalized spacial score (nSPS) is 10.5. The zero-order chi connectivity index (χ0) is 13.8. The molecule has 0 saturated carbocycles. The molecule has 19 heavy (non-hydrogen) atoms. The lowest BCUT2D eigenvalue weighted by Gasteiger charge is -2.03. The highest BCUT2D eigenvalue weighted by atomic mass is 19.1. The summed E-state index contributed by atoms with van der Waals surface area (Å²) in [5, 5.41) is 0. The quantitative estimate of drug-likeness (QED) is 0.761. The summed E-state index contributed by atoms with van der Waals surface area (Å²) >= 11 is 0. The molecule has 98 valence electrons. The summed E-state index contributed by atoms with van der Waals surface area (Å²) in [5.41, 5.74) is 2.09.